The maximum Gasteiger partial charge on any atom is 0.407 e. The van der Waals surface area contributed by atoms with Gasteiger partial charge in [0, 0.05) is 6.04 Å². The van der Waals surface area contributed by atoms with Crippen molar-refractivity contribution in [1.82, 2.24) is 5.32 Å². The van der Waals surface area contributed by atoms with E-state index in [-0.39, 0.29) is 12.2 Å². The lowest BCUT2D eigenvalue weighted by Crippen LogP contribution is -2.40. The Morgan fingerprint density at radius 2 is 1.50 bits per heavy atom. The van der Waals surface area contributed by atoms with Gasteiger partial charge < -0.3 is 10.1 Å². The zero-order chi connectivity index (χ0) is 13.8. The fraction of sp³-hybridized carbons (Fsp3) is 0.941. The molecule has 3 aliphatic carbocycles. The Morgan fingerprint density at radius 1 is 0.800 bits per heavy atom. The number of ether oxygens (including phenoxy) is 1. The minimum Gasteiger partial charge on any atom is -0.446 e. The van der Waals surface area contributed by atoms with E-state index in [2.05, 4.69) is 5.32 Å². The number of amides is 1. The molecule has 3 nitrogen and oxygen atoms in total. The van der Waals surface area contributed by atoms with E-state index in [0.717, 1.165) is 37.5 Å². The van der Waals surface area contributed by atoms with Crippen LogP contribution in [0.25, 0.3) is 0 Å². The van der Waals surface area contributed by atoms with Crippen LogP contribution < -0.4 is 5.32 Å². The van der Waals surface area contributed by atoms with Crippen LogP contribution in [-0.2, 0) is 4.74 Å². The molecular formula is C17H29NO2. The fourth-order valence-corrected chi connectivity index (χ4v) is 4.54. The van der Waals surface area contributed by atoms with Crippen LogP contribution in [0.4, 0.5) is 4.79 Å². The SMILES string of the molecule is O=C(NC1CCCCC1)OC1CCC2CCCCC2C1. The molecule has 0 saturated heterocycles. The Balaban J connectivity index is 1.42. The Labute approximate surface area is 122 Å². The summed E-state index contributed by atoms with van der Waals surface area (Å²) in [6, 6.07) is 0.363. The summed E-state index contributed by atoms with van der Waals surface area (Å²) < 4.78 is 5.69. The van der Waals surface area contributed by atoms with E-state index >= 15 is 0 Å². The minimum atomic E-state index is -0.156. The Bertz CT molecular complexity index is 325. The van der Waals surface area contributed by atoms with Crippen molar-refractivity contribution in [1.29, 1.82) is 0 Å². The molecule has 0 bridgehead atoms. The van der Waals surface area contributed by atoms with Crippen LogP contribution in [0.5, 0.6) is 0 Å². The number of hydrogen-bond donors (Lipinski definition) is 1. The molecule has 0 aromatic heterocycles. The number of carbonyl (C=O) groups is 1. The second-order valence-electron chi connectivity index (χ2n) is 7.12. The summed E-state index contributed by atoms with van der Waals surface area (Å²) in [5.74, 6) is 1.75. The van der Waals surface area contributed by atoms with Gasteiger partial charge in [0.2, 0.25) is 0 Å². The molecule has 3 heteroatoms. The summed E-state index contributed by atoms with van der Waals surface area (Å²) >= 11 is 0. The van der Waals surface area contributed by atoms with Gasteiger partial charge in [0.15, 0.2) is 0 Å². The average Bonchev–Trinajstić information content (AvgIpc) is 2.48. The predicted octanol–water partition coefficient (Wildman–Crippen LogP) is 4.40. The molecule has 3 rings (SSSR count). The standard InChI is InChI=1S/C17H29NO2/c19-17(18-15-8-2-1-3-9-15)20-16-11-10-13-6-4-5-7-14(13)12-16/h13-16H,1-12H2,(H,18,19). The molecule has 0 aromatic rings. The van der Waals surface area contributed by atoms with Crippen molar-refractivity contribution < 1.29 is 9.53 Å². The third-order valence-electron chi connectivity index (χ3n) is 5.69. The van der Waals surface area contributed by atoms with Gasteiger partial charge in [-0.3, -0.25) is 0 Å². The highest BCUT2D eigenvalue weighted by atomic mass is 16.6. The molecule has 1 N–H and O–H groups in total. The van der Waals surface area contributed by atoms with E-state index in [1.165, 1.54) is 51.4 Å². The first-order valence-electron chi connectivity index (χ1n) is 8.78. The van der Waals surface area contributed by atoms with Crippen molar-refractivity contribution in [3.63, 3.8) is 0 Å². The lowest BCUT2D eigenvalue weighted by atomic mass is 9.70. The van der Waals surface area contributed by atoms with Crippen molar-refractivity contribution in [3.8, 4) is 0 Å². The first-order chi connectivity index (χ1) is 9.81. The smallest absolute Gasteiger partial charge is 0.407 e. The molecule has 1 amide bonds. The third-order valence-corrected chi connectivity index (χ3v) is 5.69. The second-order valence-corrected chi connectivity index (χ2v) is 7.12. The third kappa shape index (κ3) is 3.67. The monoisotopic (exact) mass is 279 g/mol. The number of fused-ring (bicyclic) bond motifs is 1. The zero-order valence-electron chi connectivity index (χ0n) is 12.6. The van der Waals surface area contributed by atoms with E-state index in [4.69, 9.17) is 4.74 Å². The summed E-state index contributed by atoms with van der Waals surface area (Å²) in [7, 11) is 0. The molecule has 0 spiro atoms. The van der Waals surface area contributed by atoms with E-state index in [9.17, 15) is 4.79 Å². The average molecular weight is 279 g/mol. The molecule has 0 aliphatic heterocycles. The summed E-state index contributed by atoms with van der Waals surface area (Å²) in [5, 5.41) is 3.08. The topological polar surface area (TPSA) is 38.3 Å². The molecular weight excluding hydrogens is 250 g/mol. The van der Waals surface area contributed by atoms with Crippen LogP contribution in [-0.4, -0.2) is 18.2 Å². The second kappa shape index (κ2) is 6.82. The zero-order valence-corrected chi connectivity index (χ0v) is 12.6. The number of rotatable bonds is 2. The molecule has 3 aliphatic rings. The van der Waals surface area contributed by atoms with E-state index in [1.807, 2.05) is 0 Å². The molecule has 3 saturated carbocycles. The van der Waals surface area contributed by atoms with Gasteiger partial charge in [0.05, 0.1) is 0 Å². The van der Waals surface area contributed by atoms with E-state index < -0.39 is 0 Å². The van der Waals surface area contributed by atoms with Crippen molar-refractivity contribution in [3.05, 3.63) is 0 Å². The summed E-state index contributed by atoms with van der Waals surface area (Å²) in [5.41, 5.74) is 0. The Morgan fingerprint density at radius 3 is 2.30 bits per heavy atom. The Hall–Kier alpha value is -0.730. The van der Waals surface area contributed by atoms with Gasteiger partial charge >= 0.3 is 6.09 Å². The molecule has 20 heavy (non-hydrogen) atoms. The summed E-state index contributed by atoms with van der Waals surface area (Å²) in [6.45, 7) is 0. The van der Waals surface area contributed by atoms with Crippen LogP contribution in [0.2, 0.25) is 0 Å². The van der Waals surface area contributed by atoms with Gasteiger partial charge in [0.25, 0.3) is 0 Å². The fourth-order valence-electron chi connectivity index (χ4n) is 4.54. The number of nitrogens with one attached hydrogen (secondary N) is 1. The molecule has 0 radical (unpaired) electrons. The van der Waals surface area contributed by atoms with Gasteiger partial charge in [-0.2, -0.15) is 0 Å². The van der Waals surface area contributed by atoms with Gasteiger partial charge in [0.1, 0.15) is 6.10 Å². The first-order valence-corrected chi connectivity index (χ1v) is 8.78. The van der Waals surface area contributed by atoms with Crippen molar-refractivity contribution in [2.45, 2.75) is 89.2 Å². The van der Waals surface area contributed by atoms with Crippen molar-refractivity contribution in [2.24, 2.45) is 11.8 Å². The predicted molar refractivity (Wildman–Crippen MR) is 79.6 cm³/mol. The van der Waals surface area contributed by atoms with Crippen LogP contribution in [0.1, 0.15) is 77.0 Å². The Kier molecular flexibility index (Phi) is 4.85. The lowest BCUT2D eigenvalue weighted by Gasteiger charge is -2.39. The molecule has 3 atom stereocenters. The maximum atomic E-state index is 12.0. The number of carbonyl (C=O) groups excluding carboxylic acids is 1. The van der Waals surface area contributed by atoms with E-state index in [1.54, 1.807) is 0 Å². The highest BCUT2D eigenvalue weighted by Crippen LogP contribution is 2.41. The molecule has 3 unspecified atom stereocenters. The van der Waals surface area contributed by atoms with Crippen molar-refractivity contribution in [2.75, 3.05) is 0 Å². The maximum absolute atomic E-state index is 12.0. The van der Waals surface area contributed by atoms with Crippen molar-refractivity contribution >= 4 is 6.09 Å². The van der Waals surface area contributed by atoms with Gasteiger partial charge in [-0.25, -0.2) is 4.79 Å². The van der Waals surface area contributed by atoms with Crippen LogP contribution in [0.3, 0.4) is 0 Å². The lowest BCUT2D eigenvalue weighted by molar-refractivity contribution is 0.0257. The van der Waals surface area contributed by atoms with Gasteiger partial charge in [-0.15, -0.1) is 0 Å². The van der Waals surface area contributed by atoms with Crippen LogP contribution in [0.15, 0.2) is 0 Å². The minimum absolute atomic E-state index is 0.156. The molecule has 0 aromatic carbocycles. The van der Waals surface area contributed by atoms with Crippen LogP contribution >= 0.6 is 0 Å². The normalized spacial score (nSPS) is 35.1. The number of alkyl carbamates (subject to hydrolysis) is 1. The van der Waals surface area contributed by atoms with Gasteiger partial charge in [-0.05, 0) is 43.9 Å². The summed E-state index contributed by atoms with van der Waals surface area (Å²) in [6.07, 6.45) is 15.1. The quantitative estimate of drug-likeness (QED) is 0.813. The number of hydrogen-bond acceptors (Lipinski definition) is 2. The largest absolute Gasteiger partial charge is 0.446 e. The molecule has 3 fully saturated rings. The molecule has 0 heterocycles. The molecule has 114 valence electrons. The highest BCUT2D eigenvalue weighted by molar-refractivity contribution is 5.67. The van der Waals surface area contributed by atoms with E-state index in [0.29, 0.717) is 6.04 Å². The highest BCUT2D eigenvalue weighted by Gasteiger charge is 2.33. The first kappa shape index (κ1) is 14.2. The van der Waals surface area contributed by atoms with Crippen LogP contribution in [0, 0.1) is 11.8 Å². The summed E-state index contributed by atoms with van der Waals surface area (Å²) in [4.78, 5) is 12.0. The van der Waals surface area contributed by atoms with Gasteiger partial charge in [-0.1, -0.05) is 44.9 Å².